The minimum atomic E-state index is -1.04. The third kappa shape index (κ3) is 4.60. The van der Waals surface area contributed by atoms with Crippen LogP contribution in [-0.4, -0.2) is 44.6 Å². The smallest absolute Gasteiger partial charge is 0.277 e. The summed E-state index contributed by atoms with van der Waals surface area (Å²) in [6, 6.07) is 7.27. The molecule has 0 N–H and O–H groups in total. The minimum absolute atomic E-state index is 0.0244. The van der Waals surface area contributed by atoms with Gasteiger partial charge in [0.1, 0.15) is 5.54 Å². The van der Waals surface area contributed by atoms with Gasteiger partial charge in [-0.05, 0) is 32.3 Å². The second-order valence-corrected chi connectivity index (χ2v) is 10.1. The maximum absolute atomic E-state index is 13.2. The molecular weight excluding hydrogens is 468 g/mol. The summed E-state index contributed by atoms with van der Waals surface area (Å²) < 4.78 is 5.67. The molecule has 1 saturated carbocycles. The average Bonchev–Trinajstić information content (AvgIpc) is 3.41. The Kier molecular flexibility index (Phi) is 6.97. The topological polar surface area (TPSA) is 89.2 Å². The Morgan fingerprint density at radius 3 is 2.84 bits per heavy atom. The van der Waals surface area contributed by atoms with Crippen LogP contribution in [0.1, 0.15) is 47.8 Å². The van der Waals surface area contributed by atoms with Gasteiger partial charge in [0.15, 0.2) is 5.78 Å². The van der Waals surface area contributed by atoms with Gasteiger partial charge in [-0.3, -0.25) is 9.59 Å². The molecule has 4 rings (SSSR count). The molecule has 0 bridgehead atoms. The largest absolute Gasteiger partial charge is 0.416 e. The molecule has 1 aromatic carbocycles. The number of amides is 1. The van der Waals surface area contributed by atoms with Crippen LogP contribution in [0, 0.1) is 6.92 Å². The standard InChI is InChI=1S/C22H23ClN4O3S2/c1-14-24-15(12-31-14)11-19-25-26-21(30-19)32-13-20(29)27(2)22(10-6-5-9-18(22)28)16-7-3-4-8-17(16)23/h3-4,7-8,12H,5-6,9-11,13H2,1-2H3/t22-/m0/s1. The number of halogens is 1. The monoisotopic (exact) mass is 490 g/mol. The molecule has 1 aliphatic rings. The lowest BCUT2D eigenvalue weighted by atomic mass is 9.74. The minimum Gasteiger partial charge on any atom is -0.416 e. The van der Waals surface area contributed by atoms with Crippen LogP contribution < -0.4 is 0 Å². The summed E-state index contributed by atoms with van der Waals surface area (Å²) in [6.07, 6.45) is 3.12. The van der Waals surface area contributed by atoms with E-state index < -0.39 is 5.54 Å². The second-order valence-electron chi connectivity index (χ2n) is 7.71. The first-order valence-corrected chi connectivity index (χ1v) is 12.6. The van der Waals surface area contributed by atoms with Crippen molar-refractivity contribution in [1.29, 1.82) is 0 Å². The van der Waals surface area contributed by atoms with Crippen molar-refractivity contribution in [3.63, 3.8) is 0 Å². The predicted molar refractivity (Wildman–Crippen MR) is 124 cm³/mol. The van der Waals surface area contributed by atoms with Crippen LogP contribution in [0.4, 0.5) is 0 Å². The van der Waals surface area contributed by atoms with E-state index in [1.807, 2.05) is 30.5 Å². The highest BCUT2D eigenvalue weighted by atomic mass is 35.5. The number of aromatic nitrogens is 3. The number of carbonyl (C=O) groups is 2. The zero-order valence-electron chi connectivity index (χ0n) is 17.8. The summed E-state index contributed by atoms with van der Waals surface area (Å²) in [5, 5.41) is 11.8. The molecule has 0 radical (unpaired) electrons. The first kappa shape index (κ1) is 22.9. The molecule has 0 aliphatic heterocycles. The molecule has 10 heteroatoms. The van der Waals surface area contributed by atoms with Crippen molar-refractivity contribution in [2.24, 2.45) is 0 Å². The maximum Gasteiger partial charge on any atom is 0.277 e. The number of nitrogens with zero attached hydrogens (tertiary/aromatic N) is 4. The molecule has 2 heterocycles. The summed E-state index contributed by atoms with van der Waals surface area (Å²) in [5.74, 6) is 0.359. The van der Waals surface area contributed by atoms with Gasteiger partial charge in [-0.1, -0.05) is 41.6 Å². The van der Waals surface area contributed by atoms with E-state index in [-0.39, 0.29) is 17.4 Å². The third-order valence-electron chi connectivity index (χ3n) is 5.69. The number of thiazole rings is 1. The molecule has 0 unspecified atom stereocenters. The first-order valence-electron chi connectivity index (χ1n) is 10.3. The summed E-state index contributed by atoms with van der Waals surface area (Å²) in [5.41, 5.74) is 0.517. The van der Waals surface area contributed by atoms with Crippen molar-refractivity contribution in [2.45, 2.75) is 49.8 Å². The number of aryl methyl sites for hydroxylation is 1. The molecule has 1 atom stereocenters. The van der Waals surface area contributed by atoms with E-state index in [4.69, 9.17) is 16.0 Å². The van der Waals surface area contributed by atoms with Crippen molar-refractivity contribution < 1.29 is 14.0 Å². The first-order chi connectivity index (χ1) is 15.4. The molecule has 0 saturated heterocycles. The van der Waals surface area contributed by atoms with Crippen LogP contribution in [0.5, 0.6) is 0 Å². The fourth-order valence-corrected chi connectivity index (χ4v) is 5.67. The second kappa shape index (κ2) is 9.72. The number of Topliss-reactive ketones (excluding diaryl/α,β-unsaturated/α-hetero) is 1. The SMILES string of the molecule is Cc1nc(Cc2nnc(SCC(=O)N(C)[C@]3(c4ccccc4Cl)CCCCC3=O)o2)cs1. The van der Waals surface area contributed by atoms with E-state index in [1.165, 1.54) is 0 Å². The fourth-order valence-electron chi connectivity index (χ4n) is 4.08. The van der Waals surface area contributed by atoms with E-state index in [1.54, 1.807) is 29.4 Å². The summed E-state index contributed by atoms with van der Waals surface area (Å²) in [7, 11) is 1.68. The highest BCUT2D eigenvalue weighted by Gasteiger charge is 2.47. The number of thioether (sulfide) groups is 1. The van der Waals surface area contributed by atoms with E-state index in [0.717, 1.165) is 35.3 Å². The lowest BCUT2D eigenvalue weighted by Crippen LogP contribution is -2.54. The number of ketones is 1. The van der Waals surface area contributed by atoms with Crippen molar-refractivity contribution in [1.82, 2.24) is 20.1 Å². The zero-order chi connectivity index (χ0) is 22.7. The Morgan fingerprint density at radius 2 is 2.12 bits per heavy atom. The fraction of sp³-hybridized carbons (Fsp3) is 0.409. The van der Waals surface area contributed by atoms with Crippen LogP contribution in [0.2, 0.25) is 5.02 Å². The van der Waals surface area contributed by atoms with Crippen LogP contribution in [-0.2, 0) is 21.5 Å². The number of likely N-dealkylation sites (N-methyl/N-ethyl adjacent to an activating group) is 1. The highest BCUT2D eigenvalue weighted by molar-refractivity contribution is 7.99. The quantitative estimate of drug-likeness (QED) is 0.444. The van der Waals surface area contributed by atoms with Gasteiger partial charge in [-0.25, -0.2) is 4.98 Å². The Bertz CT molecular complexity index is 1130. The van der Waals surface area contributed by atoms with Gasteiger partial charge in [0.2, 0.25) is 11.8 Å². The van der Waals surface area contributed by atoms with Gasteiger partial charge < -0.3 is 9.32 Å². The van der Waals surface area contributed by atoms with E-state index in [2.05, 4.69) is 15.2 Å². The van der Waals surface area contributed by atoms with Gasteiger partial charge in [0.25, 0.3) is 5.22 Å². The van der Waals surface area contributed by atoms with Gasteiger partial charge in [0.05, 0.1) is 22.9 Å². The molecule has 0 spiro atoms. The van der Waals surface area contributed by atoms with Gasteiger partial charge in [-0.15, -0.1) is 21.5 Å². The van der Waals surface area contributed by atoms with E-state index in [0.29, 0.717) is 41.0 Å². The molecular formula is C22H23ClN4O3S2. The van der Waals surface area contributed by atoms with Crippen LogP contribution >= 0.6 is 34.7 Å². The lowest BCUT2D eigenvalue weighted by molar-refractivity contribution is -0.146. The molecule has 2 aromatic heterocycles. The molecule has 1 amide bonds. The van der Waals surface area contributed by atoms with E-state index in [9.17, 15) is 9.59 Å². The van der Waals surface area contributed by atoms with E-state index >= 15 is 0 Å². The Hall–Kier alpha value is -2.23. The molecule has 7 nitrogen and oxygen atoms in total. The summed E-state index contributed by atoms with van der Waals surface area (Å²) in [4.78, 5) is 32.3. The molecule has 32 heavy (non-hydrogen) atoms. The number of carbonyl (C=O) groups excluding carboxylic acids is 2. The average molecular weight is 491 g/mol. The summed E-state index contributed by atoms with van der Waals surface area (Å²) >= 11 is 9.20. The third-order valence-corrected chi connectivity index (χ3v) is 7.64. The Morgan fingerprint density at radius 1 is 1.31 bits per heavy atom. The van der Waals surface area contributed by atoms with Crippen molar-refractivity contribution in [3.8, 4) is 0 Å². The predicted octanol–water partition coefficient (Wildman–Crippen LogP) is 4.67. The molecule has 1 fully saturated rings. The van der Waals surface area contributed by atoms with Crippen LogP contribution in [0.3, 0.4) is 0 Å². The van der Waals surface area contributed by atoms with Gasteiger partial charge in [0, 0.05) is 29.4 Å². The molecule has 3 aromatic rings. The Balaban J connectivity index is 1.47. The van der Waals surface area contributed by atoms with Crippen molar-refractivity contribution in [3.05, 3.63) is 56.8 Å². The normalized spacial score (nSPS) is 18.7. The zero-order valence-corrected chi connectivity index (χ0v) is 20.2. The number of rotatable bonds is 7. The highest BCUT2D eigenvalue weighted by Crippen LogP contribution is 2.42. The van der Waals surface area contributed by atoms with Gasteiger partial charge in [-0.2, -0.15) is 0 Å². The number of hydrogen-bond acceptors (Lipinski definition) is 8. The maximum atomic E-state index is 13.2. The summed E-state index contributed by atoms with van der Waals surface area (Å²) in [6.45, 7) is 1.94. The number of benzene rings is 1. The van der Waals surface area contributed by atoms with Crippen LogP contribution in [0.25, 0.3) is 0 Å². The number of hydrogen-bond donors (Lipinski definition) is 0. The van der Waals surface area contributed by atoms with Crippen LogP contribution in [0.15, 0.2) is 39.3 Å². The lowest BCUT2D eigenvalue weighted by Gasteiger charge is -2.44. The Labute approximate surface area is 199 Å². The molecule has 168 valence electrons. The molecule has 1 aliphatic carbocycles. The van der Waals surface area contributed by atoms with Crippen molar-refractivity contribution >= 4 is 46.4 Å². The van der Waals surface area contributed by atoms with Gasteiger partial charge >= 0.3 is 0 Å². The van der Waals surface area contributed by atoms with Crippen molar-refractivity contribution in [2.75, 3.05) is 12.8 Å².